The van der Waals surface area contributed by atoms with E-state index in [1.54, 1.807) is 27.7 Å². The third kappa shape index (κ3) is 50.4. The van der Waals surface area contributed by atoms with Crippen LogP contribution in [0.25, 0.3) is 0 Å². The highest BCUT2D eigenvalue weighted by atomic mass is 16.4. The molecule has 0 bridgehead atoms. The van der Waals surface area contributed by atoms with Crippen LogP contribution >= 0.6 is 0 Å². The van der Waals surface area contributed by atoms with E-state index in [9.17, 15) is 117 Å². The number of H-pyrrole nitrogens is 1. The number of aromatic hydroxyl groups is 1. The third-order valence-electron chi connectivity index (χ3n) is 21.9. The largest absolute Gasteiger partial charge is 0.508 e. The van der Waals surface area contributed by atoms with Gasteiger partial charge in [-0.15, -0.1) is 0 Å². The van der Waals surface area contributed by atoms with Crippen molar-refractivity contribution in [1.29, 1.82) is 10.8 Å². The smallest absolute Gasteiger partial charge is 0.326 e. The van der Waals surface area contributed by atoms with Gasteiger partial charge in [0.1, 0.15) is 96.4 Å². The lowest BCUT2D eigenvalue weighted by molar-refractivity contribution is -0.144. The van der Waals surface area contributed by atoms with Gasteiger partial charge in [-0.05, 0) is 185 Å². The first-order valence-electron chi connectivity index (χ1n) is 46.6. The maximum absolute atomic E-state index is 15.2. The average molecular weight is 2010 g/mol. The van der Waals surface area contributed by atoms with Gasteiger partial charge in [-0.2, -0.15) is 0 Å². The molecule has 0 saturated heterocycles. The predicted octanol–water partition coefficient (Wildman–Crippen LogP) is -8.04. The van der Waals surface area contributed by atoms with Crippen LogP contribution in [-0.2, 0) is 114 Å². The van der Waals surface area contributed by atoms with Crippen LogP contribution in [0.5, 0.6) is 5.75 Å². The number of unbranched alkanes of at least 4 members (excludes halogenated alkanes) is 3. The van der Waals surface area contributed by atoms with Gasteiger partial charge in [0.2, 0.25) is 94.5 Å². The molecule has 0 unspecified atom stereocenters. The van der Waals surface area contributed by atoms with Crippen LogP contribution in [0.1, 0.15) is 207 Å². The molecular weight excluding hydrogens is 1870 g/mol. The lowest BCUT2D eigenvalue weighted by atomic mass is 10.0. The number of aromatic amines is 1. The van der Waals surface area contributed by atoms with E-state index in [0.717, 1.165) is 0 Å². The van der Waals surface area contributed by atoms with Crippen molar-refractivity contribution in [3.05, 3.63) is 48.0 Å². The Balaban J connectivity index is 2.75. The summed E-state index contributed by atoms with van der Waals surface area (Å²) in [6, 6.07) is -21.0. The molecule has 55 heteroatoms. The number of imidazole rings is 1. The summed E-state index contributed by atoms with van der Waals surface area (Å²) in [4.78, 5) is 294. The fourth-order valence-electron chi connectivity index (χ4n) is 13.8. The normalized spacial score (nSPS) is 14.5. The Hall–Kier alpha value is -14.5. The number of aliphatic carboxylic acids is 5. The lowest BCUT2D eigenvalue weighted by Crippen LogP contribution is -2.61. The molecule has 0 aliphatic carbocycles. The van der Waals surface area contributed by atoms with Crippen molar-refractivity contribution in [2.75, 3.05) is 32.7 Å². The number of amides is 16. The second-order valence-electron chi connectivity index (χ2n) is 34.7. The highest BCUT2D eigenvalue weighted by Gasteiger charge is 2.40. The van der Waals surface area contributed by atoms with Gasteiger partial charge >= 0.3 is 29.8 Å². The van der Waals surface area contributed by atoms with Gasteiger partial charge in [0.15, 0.2) is 11.9 Å². The minimum atomic E-state index is -1.96. The number of nitrogens with one attached hydrogen (secondary N) is 20. The maximum atomic E-state index is 15.2. The monoisotopic (exact) mass is 2010 g/mol. The summed E-state index contributed by atoms with van der Waals surface area (Å²) in [7, 11) is 0. The Bertz CT molecular complexity index is 4550. The van der Waals surface area contributed by atoms with E-state index in [1.807, 2.05) is 0 Å². The van der Waals surface area contributed by atoms with Crippen LogP contribution in [0.4, 0.5) is 0 Å². The number of hydrogen-bond acceptors (Lipinski definition) is 29. The van der Waals surface area contributed by atoms with Crippen LogP contribution in [0.2, 0.25) is 0 Å². The molecule has 55 nitrogen and oxygen atoms in total. The molecule has 1 heterocycles. The molecule has 2 aromatic rings. The highest BCUT2D eigenvalue weighted by Crippen LogP contribution is 2.18. The zero-order valence-corrected chi connectivity index (χ0v) is 80.5. The molecule has 142 heavy (non-hydrogen) atoms. The molecule has 1 aromatic heterocycles. The Labute approximate surface area is 819 Å². The molecule has 0 aliphatic rings. The minimum Gasteiger partial charge on any atom is -0.508 e. The fourth-order valence-corrected chi connectivity index (χ4v) is 13.8. The van der Waals surface area contributed by atoms with Gasteiger partial charge in [-0.1, -0.05) is 39.8 Å². The molecule has 16 amide bonds. The minimum absolute atomic E-state index is 0.0589. The van der Waals surface area contributed by atoms with E-state index < -0.39 is 316 Å². The van der Waals surface area contributed by atoms with E-state index in [0.29, 0.717) is 6.42 Å². The molecule has 16 atom stereocenters. The van der Waals surface area contributed by atoms with E-state index in [1.165, 1.54) is 50.6 Å². The second-order valence-corrected chi connectivity index (χ2v) is 34.7. The summed E-state index contributed by atoms with van der Waals surface area (Å²) in [6.07, 6.45) is -5.44. The molecule has 0 fully saturated rings. The number of benzene rings is 1. The van der Waals surface area contributed by atoms with Gasteiger partial charge in [0.25, 0.3) is 0 Å². The van der Waals surface area contributed by atoms with Crippen molar-refractivity contribution in [3.63, 3.8) is 0 Å². The van der Waals surface area contributed by atoms with Gasteiger partial charge in [0.05, 0.1) is 18.1 Å². The number of phenolic OH excluding ortho intramolecular Hbond substituents is 1. The van der Waals surface area contributed by atoms with E-state index in [2.05, 4.69) is 100 Å². The summed E-state index contributed by atoms with van der Waals surface area (Å²) in [6.45, 7) is 9.20. The number of nitrogens with two attached hydrogens (primary N) is 7. The van der Waals surface area contributed by atoms with Gasteiger partial charge in [0, 0.05) is 64.2 Å². The first kappa shape index (κ1) is 124. The standard InChI is InChI=1S/C87H144N28O27/c1-44(2)39-61(113-71(127)46(5)101-72(128)51(15-7-10-34-88)104-78(134)57(25-30-65(118)119)103-70(126)47(6)102-84(140)69(92)45(3)4)81(137)111-56(24-29-64(91)117)77(133)110-59(27-32-67(122)123)80(136)114-62(40-48-20-22-50(116)23-21-48)82(138)107-54(18-13-37-98-86(93)94)74(130)105-52(16-8-11-35-89)73(129)106-53(17-9-12-36-90)76(132)115-63(41-49-42-97-43-100-49)83(139)108-55(19-14-38-99-87(95)96)75(131)109-58(26-31-66(120)121)79(135)112-60(85(141)142)28-33-68(124)125/h20-23,42-47,51-63,69,116H,7-19,24-41,88-90,92H2,1-6H3,(H2,91,117)(H,97,100)(H,101,128)(H,102,140)(H,103,126)(H,104,134)(H,105,130)(H,106,129)(H,107,138)(H,108,139)(H,109,131)(H,110,133)(H,111,137)(H,112,135)(H,113,127)(H,114,136)(H,115,132)(H,118,119)(H,120,121)(H,122,123)(H,124,125)(H,141,142)(H4,93,94,98)(H4,95,96,99)/t46-,47-,51-,52-,53-,54-,55-,56-,57-,58-,59-,60-,61-,62-,63-,69-/m0/s1. The van der Waals surface area contributed by atoms with E-state index in [-0.39, 0.29) is 139 Å². The quantitative estimate of drug-likeness (QED) is 0.0166. The zero-order chi connectivity index (χ0) is 107. The van der Waals surface area contributed by atoms with Crippen LogP contribution in [0, 0.1) is 22.7 Å². The summed E-state index contributed by atoms with van der Waals surface area (Å²) >= 11 is 0. The first-order chi connectivity index (χ1) is 66.9. The number of hydrogen-bond donors (Lipinski definition) is 33. The second kappa shape index (κ2) is 66.2. The molecule has 40 N–H and O–H groups in total. The number of rotatable bonds is 73. The molecule has 794 valence electrons. The number of carboxylic acids is 5. The molecular formula is C87H144N28O27. The molecule has 0 aliphatic heterocycles. The number of carbonyl (C=O) groups is 21. The van der Waals surface area contributed by atoms with Crippen LogP contribution < -0.4 is 131 Å². The topological polar surface area (TPSA) is 943 Å². The molecule has 2 rings (SSSR count). The highest BCUT2D eigenvalue weighted by molar-refractivity contribution is 6.01. The number of phenols is 1. The summed E-state index contributed by atoms with van der Waals surface area (Å²) in [5.74, 6) is -26.6. The summed E-state index contributed by atoms with van der Waals surface area (Å²) < 4.78 is 0. The lowest BCUT2D eigenvalue weighted by Gasteiger charge is -2.29. The van der Waals surface area contributed by atoms with Crippen molar-refractivity contribution in [2.24, 2.45) is 52.0 Å². The number of carbonyl (C=O) groups excluding carboxylic acids is 16. The SMILES string of the molecule is CC(C)C[C@H](NC(=O)[C@H](C)NC(=O)[C@H](CCCCN)NC(=O)[C@H](CCC(=O)O)NC(=O)[C@H](C)NC(=O)[C@@H](N)C(C)C)C(=O)N[C@@H](CCC(N)=O)C(=O)N[C@@H](CCC(=O)O)C(=O)N[C@@H](Cc1ccc(O)cc1)C(=O)N[C@@H](CCCNC(=N)N)C(=O)N[C@@H](CCCCN)C(=O)N[C@@H](CCCCN)C(=O)N[C@@H](Cc1c[nH]cn1)C(=O)N[C@@H](CCCNC(=N)N)C(=O)N[C@@H](CCC(=O)O)C(=O)N[C@@H](CCC(=O)O)C(=O)O. The number of guanidine groups is 2. The first-order valence-corrected chi connectivity index (χ1v) is 46.6. The maximum Gasteiger partial charge on any atom is 0.326 e. The molecule has 0 radical (unpaired) electrons. The van der Waals surface area contributed by atoms with Crippen LogP contribution in [0.3, 0.4) is 0 Å². The zero-order valence-electron chi connectivity index (χ0n) is 80.5. The van der Waals surface area contributed by atoms with E-state index in [4.69, 9.17) is 51.0 Å². The number of primary amides is 1. The Kier molecular flexibility index (Phi) is 57.6. The third-order valence-corrected chi connectivity index (χ3v) is 21.9. The van der Waals surface area contributed by atoms with Crippen molar-refractivity contribution in [3.8, 4) is 5.75 Å². The van der Waals surface area contributed by atoms with Crippen LogP contribution in [-0.4, -0.2) is 306 Å². The van der Waals surface area contributed by atoms with Gasteiger partial charge in [-0.25, -0.2) is 9.78 Å². The molecule has 0 spiro atoms. The fraction of sp³-hybridized carbons (Fsp3) is 0.632. The van der Waals surface area contributed by atoms with E-state index >= 15 is 14.4 Å². The Morgan fingerprint density at radius 1 is 0.338 bits per heavy atom. The predicted molar refractivity (Wildman–Crippen MR) is 507 cm³/mol. The average Bonchev–Trinajstić information content (AvgIpc) is 1.11. The van der Waals surface area contributed by atoms with Crippen molar-refractivity contribution < 1.29 is 131 Å². The van der Waals surface area contributed by atoms with Crippen LogP contribution in [0.15, 0.2) is 36.8 Å². The van der Waals surface area contributed by atoms with Gasteiger partial charge < -0.3 is 166 Å². The number of nitrogens with zero attached hydrogens (tertiary/aromatic N) is 1. The summed E-state index contributed by atoms with van der Waals surface area (Å²) in [5.41, 5.74) is 40.4. The number of aromatic nitrogens is 2. The Morgan fingerprint density at radius 2 is 0.613 bits per heavy atom. The summed E-state index contributed by atoms with van der Waals surface area (Å²) in [5, 5.41) is 116. The number of carboxylic acid groups (broad SMARTS) is 5. The van der Waals surface area contributed by atoms with Crippen molar-refractivity contribution >= 4 is 136 Å². The van der Waals surface area contributed by atoms with Crippen molar-refractivity contribution in [1.82, 2.24) is 100 Å². The molecule has 1 aromatic carbocycles. The van der Waals surface area contributed by atoms with Crippen molar-refractivity contribution in [2.45, 2.75) is 305 Å². The molecule has 0 saturated carbocycles. The Morgan fingerprint density at radius 3 is 0.915 bits per heavy atom. The van der Waals surface area contributed by atoms with Gasteiger partial charge in [-0.3, -0.25) is 107 Å².